The molecule has 1 fully saturated rings. The molecule has 2 N–H and O–H groups in total. The third-order valence-corrected chi connectivity index (χ3v) is 7.33. The molecule has 2 aromatic heterocycles. The van der Waals surface area contributed by atoms with Gasteiger partial charge in [0.2, 0.25) is 5.91 Å². The van der Waals surface area contributed by atoms with Crippen molar-refractivity contribution in [3.05, 3.63) is 59.7 Å². The topological polar surface area (TPSA) is 152 Å². The lowest BCUT2D eigenvalue weighted by atomic mass is 10.0. The van der Waals surface area contributed by atoms with Crippen LogP contribution in [0.5, 0.6) is 0 Å². The van der Waals surface area contributed by atoms with Gasteiger partial charge in [0.05, 0.1) is 12.6 Å². The molecule has 0 radical (unpaired) electrons. The molecule has 0 saturated carbocycles. The summed E-state index contributed by atoms with van der Waals surface area (Å²) in [5.41, 5.74) is -0.157. The largest absolute Gasteiger partial charge is 0.618 e. The zero-order valence-corrected chi connectivity index (χ0v) is 20.4. The maximum Gasteiger partial charge on any atom is 0.318 e. The third-order valence-electron chi connectivity index (χ3n) is 5.57. The van der Waals surface area contributed by atoms with Gasteiger partial charge in [0, 0.05) is 24.9 Å². The molecule has 3 rings (SSSR count). The Labute approximate surface area is 204 Å². The zero-order valence-electron chi connectivity index (χ0n) is 19.6. The fourth-order valence-electron chi connectivity index (χ4n) is 3.80. The Bertz CT molecular complexity index is 1170. The van der Waals surface area contributed by atoms with Crippen LogP contribution in [0.25, 0.3) is 0 Å². The van der Waals surface area contributed by atoms with Crippen LogP contribution in [0.4, 0.5) is 0 Å². The summed E-state index contributed by atoms with van der Waals surface area (Å²) in [6.07, 6.45) is 3.43. The van der Waals surface area contributed by atoms with E-state index in [1.54, 1.807) is 12.1 Å². The van der Waals surface area contributed by atoms with Crippen LogP contribution in [0.15, 0.2) is 53.8 Å². The smallest absolute Gasteiger partial charge is 0.318 e. The average molecular weight is 504 g/mol. The summed E-state index contributed by atoms with van der Waals surface area (Å²) in [5.74, 6) is -1.70. The van der Waals surface area contributed by atoms with Crippen LogP contribution >= 0.6 is 0 Å². The number of carbonyl (C=O) groups excluding carboxylic acids is 3. The van der Waals surface area contributed by atoms with Gasteiger partial charge in [-0.25, -0.2) is 13.4 Å². The molecule has 1 aliphatic heterocycles. The van der Waals surface area contributed by atoms with Gasteiger partial charge in [0.1, 0.15) is 6.04 Å². The van der Waals surface area contributed by atoms with Gasteiger partial charge in [0.25, 0.3) is 15.7 Å². The minimum Gasteiger partial charge on any atom is -0.618 e. The standard InChI is InChI=1S/C23H29N5O6S/c1-16(2)14-18(26-23(31)19-9-4-6-13-28(19)32)22(30)25-17-8-7-12-27(15-20(17)29)35(33,34)21-10-3-5-11-24-21/h3-6,9-11,13,16-18H,7-8,12,14-15H2,1-2H3,(H,25,30)(H,26,31)/t17-,18?/m0/s1. The number of pyridine rings is 2. The number of rotatable bonds is 8. The summed E-state index contributed by atoms with van der Waals surface area (Å²) in [6, 6.07) is 6.99. The molecular weight excluding hydrogens is 474 g/mol. The predicted molar refractivity (Wildman–Crippen MR) is 125 cm³/mol. The van der Waals surface area contributed by atoms with Gasteiger partial charge < -0.3 is 15.8 Å². The fourth-order valence-corrected chi connectivity index (χ4v) is 5.17. The molecule has 1 unspecified atom stereocenters. The zero-order chi connectivity index (χ0) is 25.6. The van der Waals surface area contributed by atoms with E-state index < -0.39 is 46.2 Å². The summed E-state index contributed by atoms with van der Waals surface area (Å²) in [7, 11) is -3.95. The van der Waals surface area contributed by atoms with Gasteiger partial charge in [-0.2, -0.15) is 9.04 Å². The van der Waals surface area contributed by atoms with Gasteiger partial charge in [0.15, 0.2) is 17.0 Å². The maximum atomic E-state index is 13.1. The summed E-state index contributed by atoms with van der Waals surface area (Å²) < 4.78 is 27.2. The van der Waals surface area contributed by atoms with Crippen molar-refractivity contribution in [3.63, 3.8) is 0 Å². The number of aromatic nitrogens is 2. The quantitative estimate of drug-likeness (QED) is 0.391. The summed E-state index contributed by atoms with van der Waals surface area (Å²) in [6.45, 7) is 3.46. The first-order valence-corrected chi connectivity index (χ1v) is 12.8. The number of Topliss-reactive ketones (excluding diaryl/α,β-unsaturated/α-hetero) is 1. The number of ketones is 1. The number of amides is 2. The first-order chi connectivity index (χ1) is 16.6. The average Bonchev–Trinajstić information content (AvgIpc) is 3.01. The number of hydrogen-bond acceptors (Lipinski definition) is 7. The molecule has 2 aromatic rings. The minimum atomic E-state index is -3.95. The molecule has 3 heterocycles. The molecular formula is C23H29N5O6S. The predicted octanol–water partition coefficient (Wildman–Crippen LogP) is 0.398. The molecule has 0 aliphatic carbocycles. The fraction of sp³-hybridized carbons (Fsp3) is 0.435. The third kappa shape index (κ3) is 6.61. The Morgan fingerprint density at radius 2 is 1.97 bits per heavy atom. The van der Waals surface area contributed by atoms with Crippen LogP contribution < -0.4 is 15.4 Å². The van der Waals surface area contributed by atoms with Gasteiger partial charge in [-0.3, -0.25) is 14.4 Å². The molecule has 188 valence electrons. The second kappa shape index (κ2) is 11.4. The molecule has 1 saturated heterocycles. The van der Waals surface area contributed by atoms with Crippen LogP contribution in [-0.4, -0.2) is 60.5 Å². The summed E-state index contributed by atoms with van der Waals surface area (Å²) >= 11 is 0. The highest BCUT2D eigenvalue weighted by Crippen LogP contribution is 2.18. The van der Waals surface area contributed by atoms with Crippen molar-refractivity contribution in [3.8, 4) is 0 Å². The van der Waals surface area contributed by atoms with E-state index in [4.69, 9.17) is 0 Å². The first-order valence-electron chi connectivity index (χ1n) is 11.3. The highest BCUT2D eigenvalue weighted by molar-refractivity contribution is 7.89. The lowest BCUT2D eigenvalue weighted by Gasteiger charge is -2.23. The van der Waals surface area contributed by atoms with Crippen molar-refractivity contribution < 1.29 is 27.5 Å². The summed E-state index contributed by atoms with van der Waals surface area (Å²) in [4.78, 5) is 42.4. The molecule has 11 nitrogen and oxygen atoms in total. The van der Waals surface area contributed by atoms with E-state index in [0.29, 0.717) is 11.2 Å². The molecule has 2 atom stereocenters. The van der Waals surface area contributed by atoms with Crippen molar-refractivity contribution >= 4 is 27.6 Å². The van der Waals surface area contributed by atoms with Gasteiger partial charge in [-0.05, 0) is 43.4 Å². The van der Waals surface area contributed by atoms with Crippen LogP contribution in [0, 0.1) is 11.1 Å². The lowest BCUT2D eigenvalue weighted by molar-refractivity contribution is -0.607. The number of sulfonamides is 1. The Kier molecular flexibility index (Phi) is 8.52. The number of hydrogen-bond donors (Lipinski definition) is 2. The Hall–Kier alpha value is -3.38. The Morgan fingerprint density at radius 3 is 2.63 bits per heavy atom. The van der Waals surface area contributed by atoms with E-state index >= 15 is 0 Å². The van der Waals surface area contributed by atoms with E-state index in [9.17, 15) is 28.0 Å². The molecule has 1 aliphatic rings. The number of carbonyl (C=O) groups is 3. The second-order valence-corrected chi connectivity index (χ2v) is 10.6. The SMILES string of the molecule is CC(C)CC(NC(=O)c1cccc[n+]1[O-])C(=O)N[C@H]1CCCN(S(=O)(=O)c2ccccn2)CC1=O. The normalized spacial score (nSPS) is 18.0. The number of nitrogens with zero attached hydrogens (tertiary/aromatic N) is 3. The van der Waals surface area contributed by atoms with E-state index in [2.05, 4.69) is 15.6 Å². The van der Waals surface area contributed by atoms with Crippen molar-refractivity contribution in [2.45, 2.75) is 50.2 Å². The van der Waals surface area contributed by atoms with Gasteiger partial charge in [-0.15, -0.1) is 0 Å². The van der Waals surface area contributed by atoms with E-state index in [1.165, 1.54) is 36.7 Å². The van der Waals surface area contributed by atoms with Gasteiger partial charge >= 0.3 is 5.91 Å². The van der Waals surface area contributed by atoms with Gasteiger partial charge in [-0.1, -0.05) is 19.9 Å². The Morgan fingerprint density at radius 1 is 1.23 bits per heavy atom. The van der Waals surface area contributed by atoms with Crippen LogP contribution in [-0.2, 0) is 19.6 Å². The first kappa shape index (κ1) is 26.2. The minimum absolute atomic E-state index is 0.0324. The molecule has 0 spiro atoms. The monoisotopic (exact) mass is 503 g/mol. The van der Waals surface area contributed by atoms with Crippen molar-refractivity contribution in [1.29, 1.82) is 0 Å². The molecule has 0 bridgehead atoms. The molecule has 12 heteroatoms. The van der Waals surface area contributed by atoms with Crippen molar-refractivity contribution in [2.24, 2.45) is 5.92 Å². The molecule has 35 heavy (non-hydrogen) atoms. The van der Waals surface area contributed by atoms with Crippen molar-refractivity contribution in [1.82, 2.24) is 19.9 Å². The summed E-state index contributed by atoms with van der Waals surface area (Å²) in [5, 5.41) is 17.0. The maximum absolute atomic E-state index is 13.1. The highest BCUT2D eigenvalue weighted by Gasteiger charge is 2.35. The van der Waals surface area contributed by atoms with E-state index in [1.807, 2.05) is 13.8 Å². The van der Waals surface area contributed by atoms with E-state index in [-0.39, 0.29) is 36.0 Å². The second-order valence-electron chi connectivity index (χ2n) is 8.74. The van der Waals surface area contributed by atoms with E-state index in [0.717, 1.165) is 4.31 Å². The Balaban J connectivity index is 1.70. The molecule has 0 aromatic carbocycles. The molecule has 2 amide bonds. The van der Waals surface area contributed by atoms with Crippen LogP contribution in [0.3, 0.4) is 0 Å². The van der Waals surface area contributed by atoms with Crippen molar-refractivity contribution in [2.75, 3.05) is 13.1 Å². The van der Waals surface area contributed by atoms with Crippen LogP contribution in [0.1, 0.15) is 43.6 Å². The number of nitrogens with one attached hydrogen (secondary N) is 2. The lowest BCUT2D eigenvalue weighted by Crippen LogP contribution is -2.53. The van der Waals surface area contributed by atoms with Crippen LogP contribution in [0.2, 0.25) is 0 Å². The highest BCUT2D eigenvalue weighted by atomic mass is 32.2.